The second-order valence-corrected chi connectivity index (χ2v) is 11.9. The van der Waals surface area contributed by atoms with Gasteiger partial charge in [0.05, 0.1) is 6.10 Å². The molecule has 0 N–H and O–H groups in total. The molecule has 0 saturated heterocycles. The Hall–Kier alpha value is -3.14. The summed E-state index contributed by atoms with van der Waals surface area (Å²) in [4.78, 5) is 0. The third-order valence-electron chi connectivity index (χ3n) is 9.03. The fraction of sp³-hybridized carbons (Fsp3) is 0.471. The first kappa shape index (κ1) is 32.3. The third-order valence-corrected chi connectivity index (χ3v) is 9.03. The van der Waals surface area contributed by atoms with E-state index in [1.54, 1.807) is 6.07 Å². The summed E-state index contributed by atoms with van der Waals surface area (Å²) in [6.45, 7) is 2.92. The standard InChI is InChI=1S/C34H34F8O2/c1-2-13-43-24-10-7-20(8-11-24)19-3-5-21(6-4-19)22-9-12-26(27(35)14-22)23-15-28(36)32(29(37)16-23)34(41,42)44-25-17-30(38)33(40)31(39)18-25/h9,12,14-21,24H,2-8,10-11,13H2,1H3. The molecule has 2 saturated carbocycles. The molecule has 0 atom stereocenters. The van der Waals surface area contributed by atoms with Gasteiger partial charge in [-0.15, -0.1) is 0 Å². The van der Waals surface area contributed by atoms with E-state index in [-0.39, 0.29) is 29.2 Å². The highest BCUT2D eigenvalue weighted by atomic mass is 19.3. The first-order valence-corrected chi connectivity index (χ1v) is 15.1. The highest BCUT2D eigenvalue weighted by molar-refractivity contribution is 5.65. The monoisotopic (exact) mass is 626 g/mol. The summed E-state index contributed by atoms with van der Waals surface area (Å²) < 4.78 is 124. The molecule has 0 amide bonds. The van der Waals surface area contributed by atoms with Crippen molar-refractivity contribution in [2.45, 2.75) is 82.8 Å². The molecular formula is C34H34F8O2. The van der Waals surface area contributed by atoms with Gasteiger partial charge in [-0.3, -0.25) is 0 Å². The Bertz CT molecular complexity index is 1410. The molecule has 10 heteroatoms. The smallest absolute Gasteiger partial charge is 0.429 e. The topological polar surface area (TPSA) is 18.5 Å². The molecule has 0 heterocycles. The van der Waals surface area contributed by atoms with Gasteiger partial charge < -0.3 is 9.47 Å². The van der Waals surface area contributed by atoms with Crippen LogP contribution in [0.25, 0.3) is 11.1 Å². The number of rotatable bonds is 9. The van der Waals surface area contributed by atoms with Gasteiger partial charge in [0, 0.05) is 24.3 Å². The number of alkyl halides is 2. The predicted octanol–water partition coefficient (Wildman–Crippen LogP) is 10.6. The van der Waals surface area contributed by atoms with Gasteiger partial charge in [0.2, 0.25) is 0 Å². The Morgan fingerprint density at radius 2 is 1.25 bits per heavy atom. The fourth-order valence-electron chi connectivity index (χ4n) is 6.75. The fourth-order valence-corrected chi connectivity index (χ4v) is 6.75. The summed E-state index contributed by atoms with van der Waals surface area (Å²) >= 11 is 0. The molecule has 0 bridgehead atoms. The lowest BCUT2D eigenvalue weighted by Crippen LogP contribution is -2.28. The van der Waals surface area contributed by atoms with Crippen LogP contribution in [0, 0.1) is 46.7 Å². The molecular weight excluding hydrogens is 592 g/mol. The van der Waals surface area contributed by atoms with Crippen molar-refractivity contribution in [3.63, 3.8) is 0 Å². The van der Waals surface area contributed by atoms with Crippen molar-refractivity contribution in [3.05, 3.63) is 88.5 Å². The largest absolute Gasteiger partial charge is 0.432 e. The SMILES string of the molecule is CCCOC1CCC(C2CCC(c3ccc(-c4cc(F)c(C(F)(F)Oc5cc(F)c(F)c(F)c5)c(F)c4)c(F)c3)CC2)CC1. The van der Waals surface area contributed by atoms with Crippen LogP contribution in [0.1, 0.15) is 81.8 Å². The first-order chi connectivity index (χ1) is 21.0. The Kier molecular flexibility index (Phi) is 9.87. The van der Waals surface area contributed by atoms with Gasteiger partial charge in [0.1, 0.15) is 28.8 Å². The number of ether oxygens (including phenoxy) is 2. The van der Waals surface area contributed by atoms with Gasteiger partial charge in [-0.25, -0.2) is 26.3 Å². The maximum Gasteiger partial charge on any atom is 0.432 e. The van der Waals surface area contributed by atoms with Crippen LogP contribution in [0.2, 0.25) is 0 Å². The van der Waals surface area contributed by atoms with E-state index < -0.39 is 52.3 Å². The Morgan fingerprint density at radius 1 is 0.682 bits per heavy atom. The van der Waals surface area contributed by atoms with Crippen molar-refractivity contribution in [3.8, 4) is 16.9 Å². The summed E-state index contributed by atoms with van der Waals surface area (Å²) in [6, 6.07) is 5.71. The van der Waals surface area contributed by atoms with Gasteiger partial charge in [0.15, 0.2) is 17.5 Å². The van der Waals surface area contributed by atoms with Crippen molar-refractivity contribution in [2.75, 3.05) is 6.61 Å². The van der Waals surface area contributed by atoms with Gasteiger partial charge in [-0.2, -0.15) is 8.78 Å². The van der Waals surface area contributed by atoms with E-state index in [1.807, 2.05) is 0 Å². The molecule has 0 radical (unpaired) electrons. The average molecular weight is 627 g/mol. The second-order valence-electron chi connectivity index (χ2n) is 11.9. The Balaban J connectivity index is 1.24. The minimum absolute atomic E-state index is 0.120. The van der Waals surface area contributed by atoms with Crippen LogP contribution in [0.4, 0.5) is 35.1 Å². The maximum absolute atomic E-state index is 15.2. The van der Waals surface area contributed by atoms with Crippen LogP contribution in [-0.4, -0.2) is 12.7 Å². The molecule has 0 aliphatic heterocycles. The minimum Gasteiger partial charge on any atom is -0.429 e. The summed E-state index contributed by atoms with van der Waals surface area (Å²) in [7, 11) is 0. The summed E-state index contributed by atoms with van der Waals surface area (Å²) in [5, 5.41) is 0. The lowest BCUT2D eigenvalue weighted by molar-refractivity contribution is -0.189. The van der Waals surface area contributed by atoms with E-state index in [0.717, 1.165) is 57.1 Å². The predicted molar refractivity (Wildman–Crippen MR) is 149 cm³/mol. The maximum atomic E-state index is 15.2. The van der Waals surface area contributed by atoms with Crippen LogP contribution >= 0.6 is 0 Å². The zero-order chi connectivity index (χ0) is 31.6. The van der Waals surface area contributed by atoms with Crippen molar-refractivity contribution in [1.82, 2.24) is 0 Å². The summed E-state index contributed by atoms with van der Waals surface area (Å²) in [6.07, 6.45) is 5.09. The molecule has 0 aromatic heterocycles. The molecule has 2 nitrogen and oxygen atoms in total. The van der Waals surface area contributed by atoms with E-state index in [0.29, 0.717) is 30.1 Å². The minimum atomic E-state index is -4.73. The van der Waals surface area contributed by atoms with E-state index >= 15 is 4.39 Å². The van der Waals surface area contributed by atoms with Crippen molar-refractivity contribution >= 4 is 0 Å². The number of halogens is 8. The van der Waals surface area contributed by atoms with Crippen molar-refractivity contribution < 1.29 is 44.6 Å². The van der Waals surface area contributed by atoms with E-state index in [9.17, 15) is 30.7 Å². The highest BCUT2D eigenvalue weighted by Gasteiger charge is 2.42. The van der Waals surface area contributed by atoms with Gasteiger partial charge >= 0.3 is 6.11 Å². The molecule has 0 spiro atoms. The molecule has 2 aliphatic rings. The normalized spacial score (nSPS) is 22.7. The second kappa shape index (κ2) is 13.5. The molecule has 5 rings (SSSR count). The molecule has 3 aromatic rings. The zero-order valence-corrected chi connectivity index (χ0v) is 24.3. The van der Waals surface area contributed by atoms with Crippen LogP contribution in [0.15, 0.2) is 42.5 Å². The highest BCUT2D eigenvalue weighted by Crippen LogP contribution is 2.44. The van der Waals surface area contributed by atoms with E-state index in [1.165, 1.54) is 25.0 Å². The molecule has 238 valence electrons. The molecule has 3 aromatic carbocycles. The quantitative estimate of drug-likeness (QED) is 0.174. The van der Waals surface area contributed by atoms with Gasteiger partial charge in [-0.1, -0.05) is 19.1 Å². The number of hydrogen-bond acceptors (Lipinski definition) is 2. The van der Waals surface area contributed by atoms with E-state index in [4.69, 9.17) is 4.74 Å². The molecule has 2 fully saturated rings. The lowest BCUT2D eigenvalue weighted by Gasteiger charge is -2.38. The zero-order valence-electron chi connectivity index (χ0n) is 24.3. The van der Waals surface area contributed by atoms with Crippen LogP contribution < -0.4 is 4.74 Å². The molecule has 44 heavy (non-hydrogen) atoms. The third kappa shape index (κ3) is 7.05. The summed E-state index contributed by atoms with van der Waals surface area (Å²) in [5.74, 6) is -9.57. The van der Waals surface area contributed by atoms with Crippen molar-refractivity contribution in [2.24, 2.45) is 11.8 Å². The van der Waals surface area contributed by atoms with Crippen LogP contribution in [0.3, 0.4) is 0 Å². The van der Waals surface area contributed by atoms with Gasteiger partial charge in [0.25, 0.3) is 0 Å². The van der Waals surface area contributed by atoms with Crippen LogP contribution in [-0.2, 0) is 10.8 Å². The number of benzene rings is 3. The summed E-state index contributed by atoms with van der Waals surface area (Å²) in [5.41, 5.74) is -1.56. The first-order valence-electron chi connectivity index (χ1n) is 15.1. The Morgan fingerprint density at radius 3 is 1.80 bits per heavy atom. The lowest BCUT2D eigenvalue weighted by atomic mass is 9.69. The van der Waals surface area contributed by atoms with Crippen LogP contribution in [0.5, 0.6) is 5.75 Å². The number of hydrogen-bond donors (Lipinski definition) is 0. The van der Waals surface area contributed by atoms with Gasteiger partial charge in [-0.05, 0) is 105 Å². The molecule has 2 aliphatic carbocycles. The molecule has 0 unspecified atom stereocenters. The Labute approximate surface area is 251 Å². The average Bonchev–Trinajstić information content (AvgIpc) is 2.98. The van der Waals surface area contributed by atoms with Crippen molar-refractivity contribution in [1.29, 1.82) is 0 Å². The van der Waals surface area contributed by atoms with E-state index in [2.05, 4.69) is 11.7 Å².